The molecule has 0 spiro atoms. The van der Waals surface area contributed by atoms with Gasteiger partial charge in [-0.15, -0.1) is 0 Å². The van der Waals surface area contributed by atoms with Crippen molar-refractivity contribution in [2.45, 2.75) is 57.9 Å². The number of nitrogens with one attached hydrogen (secondary N) is 2. The third-order valence-electron chi connectivity index (χ3n) is 7.24. The van der Waals surface area contributed by atoms with Crippen molar-refractivity contribution in [3.8, 4) is 11.4 Å². The highest BCUT2D eigenvalue weighted by Gasteiger charge is 2.33. The molecule has 2 aromatic heterocycles. The van der Waals surface area contributed by atoms with Crippen LogP contribution >= 0.6 is 11.8 Å². The number of fused-ring (bicyclic) bond motifs is 1. The van der Waals surface area contributed by atoms with E-state index in [-0.39, 0.29) is 62.2 Å². The number of hydrogen-bond acceptors (Lipinski definition) is 8. The first-order valence-corrected chi connectivity index (χ1v) is 16.3. The number of alkyl halides is 3. The van der Waals surface area contributed by atoms with Crippen molar-refractivity contribution in [3.63, 3.8) is 0 Å². The predicted octanol–water partition coefficient (Wildman–Crippen LogP) is 4.05. The van der Waals surface area contributed by atoms with E-state index in [0.29, 0.717) is 23.8 Å². The van der Waals surface area contributed by atoms with Gasteiger partial charge in [-0.25, -0.2) is 9.67 Å². The maximum atomic E-state index is 13.5. The standard InChI is InChI=1S/C30H36F3N7O3S.CH2O2/c1-19(2)25-27-37-26(20-8-5-4-6-9-20)38-40(27)16-15-39(29(43)21-11-12-23(34-18-21)30(31,32)33)14-7-10-24(41)35-22(13-17-44-3)28(42)36-25;2-1-3/h4-6,8-9,11-12,18-19,22,25H,7,10,13-17H2,1-3H3,(H,35,41)(H,36,42);1H,(H,2,3)/t22-,25+;/m0./s1. The Morgan fingerprint density at radius 3 is 2.40 bits per heavy atom. The van der Waals surface area contributed by atoms with Crippen molar-refractivity contribution < 1.29 is 37.5 Å². The monoisotopic (exact) mass is 677 g/mol. The lowest BCUT2D eigenvalue weighted by Crippen LogP contribution is -2.49. The Bertz CT molecular complexity index is 1490. The summed E-state index contributed by atoms with van der Waals surface area (Å²) in [6.45, 7) is 4.10. The number of pyridine rings is 1. The van der Waals surface area contributed by atoms with Crippen LogP contribution in [0.1, 0.15) is 61.0 Å². The van der Waals surface area contributed by atoms with Gasteiger partial charge in [-0.3, -0.25) is 24.2 Å². The molecule has 4 rings (SSSR count). The van der Waals surface area contributed by atoms with Crippen molar-refractivity contribution in [3.05, 3.63) is 65.7 Å². The van der Waals surface area contributed by atoms with Crippen LogP contribution in [0, 0.1) is 5.92 Å². The van der Waals surface area contributed by atoms with Gasteiger partial charge in [0.2, 0.25) is 11.8 Å². The van der Waals surface area contributed by atoms with E-state index in [0.717, 1.165) is 23.9 Å². The van der Waals surface area contributed by atoms with Crippen molar-refractivity contribution in [1.82, 2.24) is 35.3 Å². The molecule has 3 aromatic rings. The second-order valence-electron chi connectivity index (χ2n) is 10.9. The molecule has 3 amide bonds. The highest BCUT2D eigenvalue weighted by Crippen LogP contribution is 2.28. The van der Waals surface area contributed by atoms with E-state index in [4.69, 9.17) is 20.0 Å². The Labute approximate surface area is 274 Å². The summed E-state index contributed by atoms with van der Waals surface area (Å²) < 4.78 is 40.9. The Morgan fingerprint density at radius 2 is 1.81 bits per heavy atom. The summed E-state index contributed by atoms with van der Waals surface area (Å²) in [6.07, 6.45) is -1.04. The zero-order valence-corrected chi connectivity index (χ0v) is 27.1. The number of carbonyl (C=O) groups excluding carboxylic acids is 3. The molecule has 12 nitrogen and oxygen atoms in total. The highest BCUT2D eigenvalue weighted by atomic mass is 32.2. The van der Waals surface area contributed by atoms with Crippen LogP contribution < -0.4 is 10.6 Å². The number of hydrogen-bond donors (Lipinski definition) is 3. The van der Waals surface area contributed by atoms with E-state index < -0.39 is 29.9 Å². The quantitative estimate of drug-likeness (QED) is 0.327. The predicted molar refractivity (Wildman–Crippen MR) is 169 cm³/mol. The molecule has 1 aromatic carbocycles. The molecule has 0 aliphatic carbocycles. The molecule has 0 bridgehead atoms. The van der Waals surface area contributed by atoms with Gasteiger partial charge in [0.25, 0.3) is 12.4 Å². The molecule has 47 heavy (non-hydrogen) atoms. The maximum absolute atomic E-state index is 13.5. The number of carbonyl (C=O) groups is 4. The molecule has 0 saturated carbocycles. The van der Waals surface area contributed by atoms with Crippen molar-refractivity contribution >= 4 is 36.0 Å². The van der Waals surface area contributed by atoms with Crippen LogP contribution in [0.3, 0.4) is 0 Å². The van der Waals surface area contributed by atoms with Gasteiger partial charge in [-0.05, 0) is 42.9 Å². The summed E-state index contributed by atoms with van der Waals surface area (Å²) in [5.74, 6) is 0.321. The molecule has 254 valence electrons. The van der Waals surface area contributed by atoms with Crippen molar-refractivity contribution in [2.24, 2.45) is 5.92 Å². The number of amides is 3. The minimum Gasteiger partial charge on any atom is -0.483 e. The van der Waals surface area contributed by atoms with Crippen LogP contribution in [0.15, 0.2) is 48.7 Å². The average Bonchev–Trinajstić information content (AvgIpc) is 3.46. The van der Waals surface area contributed by atoms with Gasteiger partial charge in [-0.1, -0.05) is 44.2 Å². The molecule has 3 heterocycles. The fraction of sp³-hybridized carbons (Fsp3) is 0.452. The number of thioether (sulfide) groups is 1. The number of rotatable bonds is 6. The molecular formula is C31H38F3N7O5S. The lowest BCUT2D eigenvalue weighted by atomic mass is 10.0. The van der Waals surface area contributed by atoms with Gasteiger partial charge in [0.15, 0.2) is 11.6 Å². The van der Waals surface area contributed by atoms with Gasteiger partial charge in [0.05, 0.1) is 18.2 Å². The zero-order valence-electron chi connectivity index (χ0n) is 26.2. The molecule has 0 radical (unpaired) electrons. The molecule has 1 aliphatic rings. The molecule has 0 saturated heterocycles. The molecule has 2 atom stereocenters. The third-order valence-corrected chi connectivity index (χ3v) is 7.88. The summed E-state index contributed by atoms with van der Waals surface area (Å²) in [4.78, 5) is 58.0. The van der Waals surface area contributed by atoms with E-state index in [1.54, 1.807) is 16.4 Å². The largest absolute Gasteiger partial charge is 0.483 e. The van der Waals surface area contributed by atoms with Crippen molar-refractivity contribution in [2.75, 3.05) is 25.1 Å². The Hall–Kier alpha value is -4.47. The molecule has 16 heteroatoms. The van der Waals surface area contributed by atoms with E-state index in [1.807, 2.05) is 50.4 Å². The zero-order chi connectivity index (χ0) is 34.6. The molecule has 1 aliphatic heterocycles. The van der Waals surface area contributed by atoms with Crippen LogP contribution in [0.2, 0.25) is 0 Å². The van der Waals surface area contributed by atoms with Crippen LogP contribution in [0.5, 0.6) is 0 Å². The van der Waals surface area contributed by atoms with Crippen LogP contribution in [0.4, 0.5) is 13.2 Å². The second kappa shape index (κ2) is 17.4. The van der Waals surface area contributed by atoms with Crippen LogP contribution in [-0.4, -0.2) is 85.1 Å². The third kappa shape index (κ3) is 10.5. The first kappa shape index (κ1) is 37.0. The minimum absolute atomic E-state index is 0.00296. The van der Waals surface area contributed by atoms with E-state index >= 15 is 0 Å². The summed E-state index contributed by atoms with van der Waals surface area (Å²) >= 11 is 1.56. The number of aromatic nitrogens is 4. The van der Waals surface area contributed by atoms with E-state index in [9.17, 15) is 27.6 Å². The first-order valence-electron chi connectivity index (χ1n) is 14.9. The molecule has 3 N–H and O–H groups in total. The fourth-order valence-corrected chi connectivity index (χ4v) is 5.32. The summed E-state index contributed by atoms with van der Waals surface area (Å²) in [6, 6.07) is 9.90. The Balaban J connectivity index is 0.00000192. The number of benzene rings is 1. The van der Waals surface area contributed by atoms with Gasteiger partial charge >= 0.3 is 6.18 Å². The lowest BCUT2D eigenvalue weighted by molar-refractivity contribution is -0.141. The second-order valence-corrected chi connectivity index (χ2v) is 11.9. The molecular weight excluding hydrogens is 639 g/mol. The van der Waals surface area contributed by atoms with E-state index in [2.05, 4.69) is 15.6 Å². The maximum Gasteiger partial charge on any atom is 0.433 e. The van der Waals surface area contributed by atoms with Gasteiger partial charge in [0, 0.05) is 31.3 Å². The normalized spacial score (nSPS) is 17.8. The number of nitrogens with zero attached hydrogens (tertiary/aromatic N) is 5. The van der Waals surface area contributed by atoms with Crippen molar-refractivity contribution in [1.29, 1.82) is 0 Å². The summed E-state index contributed by atoms with van der Waals surface area (Å²) in [5, 5.41) is 17.5. The van der Waals surface area contributed by atoms with E-state index in [1.165, 1.54) is 4.90 Å². The summed E-state index contributed by atoms with van der Waals surface area (Å²) in [7, 11) is 0. The summed E-state index contributed by atoms with van der Waals surface area (Å²) in [5.41, 5.74) is -0.324. The van der Waals surface area contributed by atoms with Crippen LogP contribution in [-0.2, 0) is 27.1 Å². The Morgan fingerprint density at radius 1 is 1.11 bits per heavy atom. The fourth-order valence-electron chi connectivity index (χ4n) is 4.84. The molecule has 0 unspecified atom stereocenters. The Kier molecular flexibility index (Phi) is 13.7. The highest BCUT2D eigenvalue weighted by molar-refractivity contribution is 7.98. The van der Waals surface area contributed by atoms with Gasteiger partial charge < -0.3 is 20.6 Å². The SMILES string of the molecule is CSCC[C@@H]1NC(=O)CCCN(C(=O)c2ccc(C(F)(F)F)nc2)CCn2nc(-c3ccccc3)nc2[C@@H](C(C)C)NC1=O.O=CO. The molecule has 0 fully saturated rings. The topological polar surface area (TPSA) is 159 Å². The van der Waals surface area contributed by atoms with Crippen LogP contribution in [0.25, 0.3) is 11.4 Å². The van der Waals surface area contributed by atoms with Gasteiger partial charge in [0.1, 0.15) is 11.7 Å². The first-order chi connectivity index (χ1) is 22.4. The minimum atomic E-state index is -4.63. The average molecular weight is 678 g/mol. The number of halogens is 3. The lowest BCUT2D eigenvalue weighted by Gasteiger charge is -2.28. The number of carboxylic acid groups (broad SMARTS) is 1. The smallest absolute Gasteiger partial charge is 0.433 e. The van der Waals surface area contributed by atoms with Gasteiger partial charge in [-0.2, -0.15) is 30.0 Å².